The second-order valence-electron chi connectivity index (χ2n) is 4.85. The molecular formula is C15H18N2O3. The Morgan fingerprint density at radius 3 is 2.80 bits per heavy atom. The van der Waals surface area contributed by atoms with E-state index in [-0.39, 0.29) is 12.3 Å². The molecule has 0 radical (unpaired) electrons. The van der Waals surface area contributed by atoms with E-state index in [9.17, 15) is 9.59 Å². The Kier molecular flexibility index (Phi) is 4.08. The normalized spacial score (nSPS) is 12.3. The van der Waals surface area contributed by atoms with E-state index >= 15 is 0 Å². The maximum Gasteiger partial charge on any atom is 0.326 e. The summed E-state index contributed by atoms with van der Waals surface area (Å²) in [5, 5.41) is 12.5. The van der Waals surface area contributed by atoms with Gasteiger partial charge in [0.2, 0.25) is 5.91 Å². The zero-order valence-corrected chi connectivity index (χ0v) is 11.6. The Hall–Kier alpha value is -2.30. The van der Waals surface area contributed by atoms with Crippen LogP contribution in [-0.2, 0) is 16.0 Å². The van der Waals surface area contributed by atoms with Crippen LogP contribution >= 0.6 is 0 Å². The lowest BCUT2D eigenvalue weighted by Crippen LogP contribution is -2.40. The third kappa shape index (κ3) is 2.82. The molecule has 0 aliphatic heterocycles. The fourth-order valence-electron chi connectivity index (χ4n) is 2.27. The lowest BCUT2D eigenvalue weighted by Gasteiger charge is -2.11. The number of hydrogen-bond acceptors (Lipinski definition) is 2. The van der Waals surface area contributed by atoms with Crippen LogP contribution in [0, 0.1) is 6.92 Å². The molecule has 1 aromatic carbocycles. The van der Waals surface area contributed by atoms with Gasteiger partial charge in [-0.25, -0.2) is 4.79 Å². The smallest absolute Gasteiger partial charge is 0.326 e. The number of carboxylic acids is 1. The van der Waals surface area contributed by atoms with Gasteiger partial charge in [-0.3, -0.25) is 4.79 Å². The zero-order chi connectivity index (χ0) is 14.7. The standard InChI is InChI=1S/C15H18N2O3/c1-3-12(15(19)20)17-13(18)7-10-8-16-14-9(2)5-4-6-11(10)14/h4-6,8,12,16H,3,7H2,1-2H3,(H,17,18)(H,19,20). The Bertz CT molecular complexity index is 646. The first-order chi connectivity index (χ1) is 9.52. The highest BCUT2D eigenvalue weighted by atomic mass is 16.4. The second-order valence-corrected chi connectivity index (χ2v) is 4.85. The third-order valence-electron chi connectivity index (χ3n) is 3.40. The van der Waals surface area contributed by atoms with Crippen molar-refractivity contribution >= 4 is 22.8 Å². The van der Waals surface area contributed by atoms with E-state index < -0.39 is 12.0 Å². The van der Waals surface area contributed by atoms with E-state index in [1.165, 1.54) is 0 Å². The average Bonchev–Trinajstić information content (AvgIpc) is 2.80. The molecule has 1 unspecified atom stereocenters. The van der Waals surface area contributed by atoms with Gasteiger partial charge in [-0.1, -0.05) is 25.1 Å². The molecule has 2 rings (SSSR count). The molecule has 3 N–H and O–H groups in total. The van der Waals surface area contributed by atoms with E-state index in [2.05, 4.69) is 10.3 Å². The summed E-state index contributed by atoms with van der Waals surface area (Å²) < 4.78 is 0. The van der Waals surface area contributed by atoms with Crippen LogP contribution in [0.15, 0.2) is 24.4 Å². The van der Waals surface area contributed by atoms with Gasteiger partial charge in [0.25, 0.3) is 0 Å². The number of amides is 1. The van der Waals surface area contributed by atoms with Crippen LogP contribution in [0.5, 0.6) is 0 Å². The average molecular weight is 274 g/mol. The minimum absolute atomic E-state index is 0.174. The van der Waals surface area contributed by atoms with Gasteiger partial charge in [0.1, 0.15) is 6.04 Å². The van der Waals surface area contributed by atoms with Gasteiger partial charge in [0.15, 0.2) is 0 Å². The molecule has 2 aromatic rings. The fraction of sp³-hybridized carbons (Fsp3) is 0.333. The van der Waals surface area contributed by atoms with E-state index in [1.54, 1.807) is 13.1 Å². The van der Waals surface area contributed by atoms with Gasteiger partial charge in [0.05, 0.1) is 6.42 Å². The molecule has 0 bridgehead atoms. The first kappa shape index (κ1) is 14.1. The lowest BCUT2D eigenvalue weighted by molar-refractivity contribution is -0.141. The van der Waals surface area contributed by atoms with Crippen LogP contribution in [0.2, 0.25) is 0 Å². The van der Waals surface area contributed by atoms with E-state index in [1.807, 2.05) is 25.1 Å². The minimum atomic E-state index is -1.00. The summed E-state index contributed by atoms with van der Waals surface area (Å²) in [4.78, 5) is 26.0. The van der Waals surface area contributed by atoms with Crippen molar-refractivity contribution in [2.45, 2.75) is 32.7 Å². The Labute approximate surface area is 117 Å². The maximum absolute atomic E-state index is 11.9. The maximum atomic E-state index is 11.9. The number of para-hydroxylation sites is 1. The molecule has 0 saturated carbocycles. The van der Waals surface area contributed by atoms with Gasteiger partial charge in [-0.2, -0.15) is 0 Å². The van der Waals surface area contributed by atoms with Crippen molar-refractivity contribution in [1.82, 2.24) is 10.3 Å². The molecule has 1 atom stereocenters. The molecule has 5 nitrogen and oxygen atoms in total. The molecule has 0 spiro atoms. The molecule has 0 fully saturated rings. The van der Waals surface area contributed by atoms with Crippen molar-refractivity contribution in [2.75, 3.05) is 0 Å². The van der Waals surface area contributed by atoms with Gasteiger partial charge in [-0.05, 0) is 24.5 Å². The Morgan fingerprint density at radius 2 is 2.15 bits per heavy atom. The Morgan fingerprint density at radius 1 is 1.40 bits per heavy atom. The predicted octanol–water partition coefficient (Wildman–Crippen LogP) is 2.00. The summed E-state index contributed by atoms with van der Waals surface area (Å²) in [5.41, 5.74) is 3.01. The van der Waals surface area contributed by atoms with Crippen molar-refractivity contribution < 1.29 is 14.7 Å². The van der Waals surface area contributed by atoms with Crippen molar-refractivity contribution in [3.63, 3.8) is 0 Å². The first-order valence-electron chi connectivity index (χ1n) is 6.60. The number of H-pyrrole nitrogens is 1. The van der Waals surface area contributed by atoms with Crippen LogP contribution in [-0.4, -0.2) is 28.0 Å². The van der Waals surface area contributed by atoms with E-state index in [4.69, 9.17) is 5.11 Å². The summed E-state index contributed by atoms with van der Waals surface area (Å²) >= 11 is 0. The summed E-state index contributed by atoms with van der Waals surface area (Å²) in [5.74, 6) is -1.28. The number of fused-ring (bicyclic) bond motifs is 1. The highest BCUT2D eigenvalue weighted by Crippen LogP contribution is 2.21. The second kappa shape index (κ2) is 5.77. The summed E-state index contributed by atoms with van der Waals surface area (Å²) in [6, 6.07) is 5.07. The summed E-state index contributed by atoms with van der Waals surface area (Å²) in [6.07, 6.45) is 2.35. The molecule has 0 aliphatic carbocycles. The number of hydrogen-bond donors (Lipinski definition) is 3. The number of aliphatic carboxylic acids is 1. The zero-order valence-electron chi connectivity index (χ0n) is 11.6. The molecule has 1 amide bonds. The van der Waals surface area contributed by atoms with Crippen molar-refractivity contribution in [2.24, 2.45) is 0 Å². The SMILES string of the molecule is CCC(NC(=O)Cc1c[nH]c2c(C)cccc12)C(=O)O. The van der Waals surface area contributed by atoms with Crippen LogP contribution in [0.1, 0.15) is 24.5 Å². The largest absolute Gasteiger partial charge is 0.480 e. The number of aryl methyl sites for hydroxylation is 1. The summed E-state index contributed by atoms with van der Waals surface area (Å²) in [7, 11) is 0. The van der Waals surface area contributed by atoms with Crippen molar-refractivity contribution in [3.8, 4) is 0 Å². The fourth-order valence-corrected chi connectivity index (χ4v) is 2.27. The molecule has 5 heteroatoms. The first-order valence-corrected chi connectivity index (χ1v) is 6.60. The van der Waals surface area contributed by atoms with Crippen molar-refractivity contribution in [1.29, 1.82) is 0 Å². The molecule has 20 heavy (non-hydrogen) atoms. The number of benzene rings is 1. The number of carbonyl (C=O) groups is 2. The molecule has 1 heterocycles. The topological polar surface area (TPSA) is 82.2 Å². The molecule has 106 valence electrons. The van der Waals surface area contributed by atoms with Gasteiger partial charge in [0, 0.05) is 17.1 Å². The van der Waals surface area contributed by atoms with E-state index in [0.717, 1.165) is 22.0 Å². The highest BCUT2D eigenvalue weighted by Gasteiger charge is 2.18. The van der Waals surface area contributed by atoms with Crippen LogP contribution in [0.3, 0.4) is 0 Å². The van der Waals surface area contributed by atoms with Crippen LogP contribution in [0.25, 0.3) is 10.9 Å². The lowest BCUT2D eigenvalue weighted by atomic mass is 10.1. The number of aromatic amines is 1. The monoisotopic (exact) mass is 274 g/mol. The van der Waals surface area contributed by atoms with Gasteiger partial charge < -0.3 is 15.4 Å². The highest BCUT2D eigenvalue weighted by molar-refractivity contribution is 5.91. The van der Waals surface area contributed by atoms with Gasteiger partial charge in [-0.15, -0.1) is 0 Å². The Balaban J connectivity index is 2.14. The molecule has 0 aliphatic rings. The number of carbonyl (C=O) groups excluding carboxylic acids is 1. The number of rotatable bonds is 5. The third-order valence-corrected chi connectivity index (χ3v) is 3.40. The predicted molar refractivity (Wildman–Crippen MR) is 76.6 cm³/mol. The molecular weight excluding hydrogens is 256 g/mol. The van der Waals surface area contributed by atoms with Crippen LogP contribution < -0.4 is 5.32 Å². The van der Waals surface area contributed by atoms with Crippen molar-refractivity contribution in [3.05, 3.63) is 35.5 Å². The quantitative estimate of drug-likeness (QED) is 0.780. The van der Waals surface area contributed by atoms with E-state index in [0.29, 0.717) is 6.42 Å². The number of aromatic nitrogens is 1. The number of carboxylic acid groups (broad SMARTS) is 1. The number of nitrogens with one attached hydrogen (secondary N) is 2. The van der Waals surface area contributed by atoms with Gasteiger partial charge >= 0.3 is 5.97 Å². The molecule has 1 aromatic heterocycles. The summed E-state index contributed by atoms with van der Waals surface area (Å²) in [6.45, 7) is 3.73. The molecule has 0 saturated heterocycles. The van der Waals surface area contributed by atoms with Crippen LogP contribution in [0.4, 0.5) is 0 Å². The minimum Gasteiger partial charge on any atom is -0.480 e.